The Morgan fingerprint density at radius 3 is 2.95 bits per heavy atom. The summed E-state index contributed by atoms with van der Waals surface area (Å²) in [4.78, 5) is 14.4. The van der Waals surface area contributed by atoms with Gasteiger partial charge >= 0.3 is 0 Å². The maximum Gasteiger partial charge on any atom is 0.295 e. The van der Waals surface area contributed by atoms with Gasteiger partial charge in [-0.15, -0.1) is 11.3 Å². The number of nitrogens with zero attached hydrogens (tertiary/aromatic N) is 2. The third-order valence-corrected chi connectivity index (χ3v) is 3.45. The summed E-state index contributed by atoms with van der Waals surface area (Å²) < 4.78 is 13.3. The molecule has 1 N–H and O–H groups in total. The fourth-order valence-corrected chi connectivity index (χ4v) is 2.26. The number of benzene rings is 1. The summed E-state index contributed by atoms with van der Waals surface area (Å²) in [5.74, 6) is -0.572. The Hall–Kier alpha value is -2.02. The van der Waals surface area contributed by atoms with E-state index < -0.39 is 10.7 Å². The summed E-state index contributed by atoms with van der Waals surface area (Å²) in [6.07, 6.45) is 2.38. The largest absolute Gasteiger partial charge is 0.379 e. The average molecular weight is 281 g/mol. The van der Waals surface area contributed by atoms with Gasteiger partial charge in [0.05, 0.1) is 16.0 Å². The molecule has 0 aliphatic carbocycles. The standard InChI is InChI=1S/C12H12FN3O2S/c1-8-6-10(11(16(17)18)7-9(8)13)14-3-2-12-15-4-5-19-12/h4-7,14H,2-3H2,1H3. The Labute approximate surface area is 113 Å². The lowest BCUT2D eigenvalue weighted by Gasteiger charge is -2.07. The molecule has 0 unspecified atom stereocenters. The normalized spacial score (nSPS) is 10.4. The van der Waals surface area contributed by atoms with Crippen molar-refractivity contribution in [1.82, 2.24) is 4.98 Å². The first-order chi connectivity index (χ1) is 9.08. The highest BCUT2D eigenvalue weighted by Gasteiger charge is 2.16. The molecule has 0 aliphatic heterocycles. The first-order valence-corrected chi connectivity index (χ1v) is 6.52. The number of nitro benzene ring substituents is 1. The molecule has 0 radical (unpaired) electrons. The zero-order valence-corrected chi connectivity index (χ0v) is 11.0. The summed E-state index contributed by atoms with van der Waals surface area (Å²) in [6, 6.07) is 2.40. The van der Waals surface area contributed by atoms with Crippen molar-refractivity contribution in [3.63, 3.8) is 0 Å². The van der Waals surface area contributed by atoms with Gasteiger partial charge in [-0.3, -0.25) is 10.1 Å². The van der Waals surface area contributed by atoms with Crippen LogP contribution < -0.4 is 5.32 Å². The van der Waals surface area contributed by atoms with Crippen molar-refractivity contribution in [1.29, 1.82) is 0 Å². The highest BCUT2D eigenvalue weighted by Crippen LogP contribution is 2.27. The number of aromatic nitrogens is 1. The Morgan fingerprint density at radius 2 is 2.32 bits per heavy atom. The van der Waals surface area contributed by atoms with Gasteiger partial charge in [0.1, 0.15) is 11.5 Å². The van der Waals surface area contributed by atoms with Gasteiger partial charge in [-0.1, -0.05) is 0 Å². The Morgan fingerprint density at radius 1 is 1.53 bits per heavy atom. The van der Waals surface area contributed by atoms with Gasteiger partial charge in [0, 0.05) is 24.5 Å². The fourth-order valence-electron chi connectivity index (χ4n) is 1.64. The SMILES string of the molecule is Cc1cc(NCCc2nccs2)c([N+](=O)[O-])cc1F. The monoisotopic (exact) mass is 281 g/mol. The Kier molecular flexibility index (Phi) is 4.06. The van der Waals surface area contributed by atoms with Gasteiger partial charge in [0.15, 0.2) is 0 Å². The van der Waals surface area contributed by atoms with Crippen LogP contribution in [0.25, 0.3) is 0 Å². The molecule has 2 rings (SSSR count). The Bertz CT molecular complexity index is 587. The Balaban J connectivity index is 2.10. The molecule has 0 saturated carbocycles. The maximum absolute atomic E-state index is 13.3. The van der Waals surface area contributed by atoms with Gasteiger partial charge in [-0.05, 0) is 18.6 Å². The molecule has 19 heavy (non-hydrogen) atoms. The minimum atomic E-state index is -0.589. The zero-order valence-electron chi connectivity index (χ0n) is 10.2. The number of rotatable bonds is 5. The molecule has 0 atom stereocenters. The van der Waals surface area contributed by atoms with Crippen molar-refractivity contribution < 1.29 is 9.31 Å². The van der Waals surface area contributed by atoms with E-state index in [2.05, 4.69) is 10.3 Å². The second-order valence-electron chi connectivity index (χ2n) is 3.98. The highest BCUT2D eigenvalue weighted by atomic mass is 32.1. The van der Waals surface area contributed by atoms with Crippen LogP contribution in [-0.4, -0.2) is 16.5 Å². The van der Waals surface area contributed by atoms with E-state index >= 15 is 0 Å². The predicted molar refractivity (Wildman–Crippen MR) is 72.1 cm³/mol. The van der Waals surface area contributed by atoms with Crippen LogP contribution in [0.4, 0.5) is 15.8 Å². The summed E-state index contributed by atoms with van der Waals surface area (Å²) in [5, 5.41) is 16.7. The second-order valence-corrected chi connectivity index (χ2v) is 4.96. The molecule has 5 nitrogen and oxygen atoms in total. The fraction of sp³-hybridized carbons (Fsp3) is 0.250. The van der Waals surface area contributed by atoms with Gasteiger partial charge in [0.25, 0.3) is 5.69 Å². The second kappa shape index (κ2) is 5.75. The summed E-state index contributed by atoms with van der Waals surface area (Å²) in [7, 11) is 0. The molecule has 0 amide bonds. The predicted octanol–water partition coefficient (Wildman–Crippen LogP) is 3.15. The van der Waals surface area contributed by atoms with E-state index in [0.717, 1.165) is 11.1 Å². The van der Waals surface area contributed by atoms with E-state index in [-0.39, 0.29) is 5.69 Å². The van der Waals surface area contributed by atoms with Crippen LogP contribution in [0.1, 0.15) is 10.6 Å². The smallest absolute Gasteiger partial charge is 0.295 e. The molecule has 2 aromatic rings. The molecule has 7 heteroatoms. The van der Waals surface area contributed by atoms with E-state index in [1.165, 1.54) is 17.4 Å². The minimum Gasteiger partial charge on any atom is -0.379 e. The molecular weight excluding hydrogens is 269 g/mol. The summed E-state index contributed by atoms with van der Waals surface area (Å²) in [5.41, 5.74) is 0.463. The zero-order chi connectivity index (χ0) is 13.8. The lowest BCUT2D eigenvalue weighted by Crippen LogP contribution is -2.07. The van der Waals surface area contributed by atoms with E-state index in [0.29, 0.717) is 24.2 Å². The number of nitro groups is 1. The molecule has 0 spiro atoms. The van der Waals surface area contributed by atoms with Crippen LogP contribution in [0, 0.1) is 22.9 Å². The topological polar surface area (TPSA) is 68.1 Å². The number of nitrogens with one attached hydrogen (secondary N) is 1. The molecule has 1 heterocycles. The first-order valence-electron chi connectivity index (χ1n) is 5.64. The van der Waals surface area contributed by atoms with E-state index in [4.69, 9.17) is 0 Å². The van der Waals surface area contributed by atoms with E-state index in [1.54, 1.807) is 13.1 Å². The van der Waals surface area contributed by atoms with Crippen molar-refractivity contribution in [2.75, 3.05) is 11.9 Å². The van der Waals surface area contributed by atoms with Crippen molar-refractivity contribution >= 4 is 22.7 Å². The molecule has 0 saturated heterocycles. The van der Waals surface area contributed by atoms with E-state index in [9.17, 15) is 14.5 Å². The average Bonchev–Trinajstić information content (AvgIpc) is 2.86. The van der Waals surface area contributed by atoms with Crippen LogP contribution in [0.5, 0.6) is 0 Å². The number of halogens is 1. The summed E-state index contributed by atoms with van der Waals surface area (Å²) >= 11 is 1.53. The number of thiazole rings is 1. The van der Waals surface area contributed by atoms with Crippen molar-refractivity contribution in [3.05, 3.63) is 50.2 Å². The van der Waals surface area contributed by atoms with Crippen LogP contribution in [0.15, 0.2) is 23.7 Å². The molecule has 0 bridgehead atoms. The van der Waals surface area contributed by atoms with Gasteiger partial charge in [-0.25, -0.2) is 9.37 Å². The molecule has 0 aliphatic rings. The molecule has 100 valence electrons. The molecule has 0 fully saturated rings. The number of aryl methyl sites for hydroxylation is 1. The molecule has 1 aromatic heterocycles. The van der Waals surface area contributed by atoms with Crippen LogP contribution in [0.2, 0.25) is 0 Å². The van der Waals surface area contributed by atoms with Crippen molar-refractivity contribution in [2.45, 2.75) is 13.3 Å². The van der Waals surface area contributed by atoms with Crippen molar-refractivity contribution in [2.24, 2.45) is 0 Å². The number of hydrogen-bond donors (Lipinski definition) is 1. The first kappa shape index (κ1) is 13.4. The maximum atomic E-state index is 13.3. The number of hydrogen-bond acceptors (Lipinski definition) is 5. The van der Waals surface area contributed by atoms with Gasteiger partial charge in [-0.2, -0.15) is 0 Å². The minimum absolute atomic E-state index is 0.248. The lowest BCUT2D eigenvalue weighted by atomic mass is 10.1. The van der Waals surface area contributed by atoms with Gasteiger partial charge in [0.2, 0.25) is 0 Å². The van der Waals surface area contributed by atoms with Crippen LogP contribution in [0.3, 0.4) is 0 Å². The van der Waals surface area contributed by atoms with Gasteiger partial charge < -0.3 is 5.32 Å². The summed E-state index contributed by atoms with van der Waals surface area (Å²) in [6.45, 7) is 2.09. The quantitative estimate of drug-likeness (QED) is 0.675. The lowest BCUT2D eigenvalue weighted by molar-refractivity contribution is -0.384. The third kappa shape index (κ3) is 3.25. The van der Waals surface area contributed by atoms with Crippen molar-refractivity contribution in [3.8, 4) is 0 Å². The highest BCUT2D eigenvalue weighted by molar-refractivity contribution is 7.09. The van der Waals surface area contributed by atoms with E-state index in [1.807, 2.05) is 5.38 Å². The van der Waals surface area contributed by atoms with Crippen LogP contribution >= 0.6 is 11.3 Å². The van der Waals surface area contributed by atoms with Crippen LogP contribution in [-0.2, 0) is 6.42 Å². The number of anilines is 1. The molecular formula is C12H12FN3O2S. The molecule has 1 aromatic carbocycles. The third-order valence-electron chi connectivity index (χ3n) is 2.61.